The lowest BCUT2D eigenvalue weighted by molar-refractivity contribution is 0.0857. The zero-order valence-electron chi connectivity index (χ0n) is 15.8. The second-order valence-corrected chi connectivity index (χ2v) is 8.77. The fraction of sp³-hybridized carbons (Fsp3) is 0.650. The normalized spacial score (nSPS) is 18.7. The Morgan fingerprint density at radius 2 is 1.71 bits per heavy atom. The quantitative estimate of drug-likeness (QED) is 0.882. The van der Waals surface area contributed by atoms with Crippen molar-refractivity contribution in [3.8, 4) is 5.75 Å². The molecule has 2 rings (SSSR count). The molecule has 1 heterocycles. The summed E-state index contributed by atoms with van der Waals surface area (Å²) in [5.74, 6) is 0.187. The number of aromatic hydroxyl groups is 1. The van der Waals surface area contributed by atoms with Gasteiger partial charge in [0.1, 0.15) is 5.75 Å². The minimum absolute atomic E-state index is 0.110. The van der Waals surface area contributed by atoms with Gasteiger partial charge in [-0.2, -0.15) is 0 Å². The molecule has 4 heteroatoms. The Balaban J connectivity index is 2.33. The van der Waals surface area contributed by atoms with Gasteiger partial charge in [0.25, 0.3) is 5.91 Å². The highest BCUT2D eigenvalue weighted by molar-refractivity contribution is 5.95. The van der Waals surface area contributed by atoms with Crippen LogP contribution in [0.15, 0.2) is 12.1 Å². The van der Waals surface area contributed by atoms with Gasteiger partial charge in [-0.25, -0.2) is 0 Å². The molecule has 0 saturated carbocycles. The molecule has 134 valence electrons. The monoisotopic (exact) mass is 333 g/mol. The number of ether oxygens (including phenoxy) is 1. The van der Waals surface area contributed by atoms with E-state index in [1.54, 1.807) is 0 Å². The zero-order valence-corrected chi connectivity index (χ0v) is 15.8. The van der Waals surface area contributed by atoms with Crippen LogP contribution in [0.25, 0.3) is 0 Å². The Kier molecular flexibility index (Phi) is 5.28. The van der Waals surface area contributed by atoms with Crippen molar-refractivity contribution in [3.63, 3.8) is 0 Å². The number of carbonyl (C=O) groups is 1. The van der Waals surface area contributed by atoms with E-state index < -0.39 is 0 Å². The molecule has 1 aromatic rings. The van der Waals surface area contributed by atoms with Crippen LogP contribution in [0, 0.1) is 0 Å². The van der Waals surface area contributed by atoms with Crippen molar-refractivity contribution in [2.45, 2.75) is 71.3 Å². The number of benzene rings is 1. The van der Waals surface area contributed by atoms with Crippen LogP contribution >= 0.6 is 0 Å². The maximum Gasteiger partial charge on any atom is 0.251 e. The Morgan fingerprint density at radius 3 is 2.12 bits per heavy atom. The molecule has 0 bridgehead atoms. The van der Waals surface area contributed by atoms with Crippen molar-refractivity contribution in [3.05, 3.63) is 28.8 Å². The first kappa shape index (κ1) is 18.8. The highest BCUT2D eigenvalue weighted by atomic mass is 16.5. The molecule has 1 atom stereocenters. The molecule has 4 nitrogen and oxygen atoms in total. The standard InChI is InChI=1S/C20H31NO3/c1-19(2,3)15-10-13(11-16(17(15)22)20(4,5)6)18(23)21-12-14-8-7-9-24-14/h10-11,14,22H,7-9,12H2,1-6H3,(H,21,23). The van der Waals surface area contributed by atoms with Gasteiger partial charge >= 0.3 is 0 Å². The van der Waals surface area contributed by atoms with Crippen LogP contribution < -0.4 is 5.32 Å². The van der Waals surface area contributed by atoms with Gasteiger partial charge in [-0.15, -0.1) is 0 Å². The van der Waals surface area contributed by atoms with Gasteiger partial charge < -0.3 is 15.2 Å². The van der Waals surface area contributed by atoms with Crippen LogP contribution in [0.3, 0.4) is 0 Å². The van der Waals surface area contributed by atoms with Crippen molar-refractivity contribution in [1.82, 2.24) is 5.32 Å². The van der Waals surface area contributed by atoms with Crippen molar-refractivity contribution in [2.24, 2.45) is 0 Å². The predicted molar refractivity (Wildman–Crippen MR) is 96.8 cm³/mol. The highest BCUT2D eigenvalue weighted by Crippen LogP contribution is 2.39. The number of phenols is 1. The maximum absolute atomic E-state index is 12.6. The van der Waals surface area contributed by atoms with Gasteiger partial charge in [0.2, 0.25) is 0 Å². The third kappa shape index (κ3) is 4.29. The lowest BCUT2D eigenvalue weighted by Gasteiger charge is -2.28. The van der Waals surface area contributed by atoms with Crippen LogP contribution in [0.4, 0.5) is 0 Å². The summed E-state index contributed by atoms with van der Waals surface area (Å²) in [5.41, 5.74) is 1.72. The number of hydrogen-bond donors (Lipinski definition) is 2. The van der Waals surface area contributed by atoms with Gasteiger partial charge in [0.15, 0.2) is 0 Å². The Labute approximate surface area is 145 Å². The van der Waals surface area contributed by atoms with Crippen LogP contribution in [-0.2, 0) is 15.6 Å². The summed E-state index contributed by atoms with van der Waals surface area (Å²) in [5, 5.41) is 13.7. The summed E-state index contributed by atoms with van der Waals surface area (Å²) in [6.07, 6.45) is 2.17. The van der Waals surface area contributed by atoms with Gasteiger partial charge in [0, 0.05) is 29.8 Å². The van der Waals surface area contributed by atoms with Gasteiger partial charge in [-0.05, 0) is 35.8 Å². The van der Waals surface area contributed by atoms with Crippen LogP contribution in [0.5, 0.6) is 5.75 Å². The van der Waals surface area contributed by atoms with E-state index in [-0.39, 0.29) is 22.8 Å². The Hall–Kier alpha value is -1.55. The van der Waals surface area contributed by atoms with Crippen molar-refractivity contribution in [1.29, 1.82) is 0 Å². The third-order valence-corrected chi connectivity index (χ3v) is 4.50. The number of carbonyl (C=O) groups excluding carboxylic acids is 1. The molecule has 1 saturated heterocycles. The van der Waals surface area contributed by atoms with Crippen molar-refractivity contribution in [2.75, 3.05) is 13.2 Å². The average Bonchev–Trinajstić information content (AvgIpc) is 2.95. The molecule has 2 N–H and O–H groups in total. The maximum atomic E-state index is 12.6. The fourth-order valence-electron chi connectivity index (χ4n) is 3.02. The smallest absolute Gasteiger partial charge is 0.251 e. The molecule has 1 amide bonds. The lowest BCUT2D eigenvalue weighted by atomic mass is 9.78. The number of hydrogen-bond acceptors (Lipinski definition) is 3. The molecule has 0 spiro atoms. The van der Waals surface area contributed by atoms with Crippen LogP contribution in [0.2, 0.25) is 0 Å². The van der Waals surface area contributed by atoms with Crippen LogP contribution in [-0.4, -0.2) is 30.3 Å². The van der Waals surface area contributed by atoms with E-state index in [1.807, 2.05) is 53.7 Å². The van der Waals surface area contributed by atoms with Gasteiger partial charge in [0.05, 0.1) is 6.10 Å². The molecular weight excluding hydrogens is 302 g/mol. The van der Waals surface area contributed by atoms with Crippen molar-refractivity contribution < 1.29 is 14.6 Å². The first-order valence-corrected chi connectivity index (χ1v) is 8.78. The largest absolute Gasteiger partial charge is 0.507 e. The second-order valence-electron chi connectivity index (χ2n) is 8.77. The van der Waals surface area contributed by atoms with E-state index >= 15 is 0 Å². The first-order chi connectivity index (χ1) is 11.0. The molecule has 1 fully saturated rings. The molecule has 1 aliphatic rings. The van der Waals surface area contributed by atoms with E-state index in [1.165, 1.54) is 0 Å². The van der Waals surface area contributed by atoms with E-state index in [2.05, 4.69) is 5.32 Å². The van der Waals surface area contributed by atoms with E-state index in [9.17, 15) is 9.90 Å². The number of nitrogens with one attached hydrogen (secondary N) is 1. The zero-order chi connectivity index (χ0) is 18.1. The molecule has 1 aromatic carbocycles. The van der Waals surface area contributed by atoms with Gasteiger partial charge in [-0.1, -0.05) is 41.5 Å². The highest BCUT2D eigenvalue weighted by Gasteiger charge is 2.28. The summed E-state index contributed by atoms with van der Waals surface area (Å²) >= 11 is 0. The van der Waals surface area contributed by atoms with E-state index in [0.29, 0.717) is 17.9 Å². The first-order valence-electron chi connectivity index (χ1n) is 8.78. The number of rotatable bonds is 3. The minimum Gasteiger partial charge on any atom is -0.507 e. The van der Waals surface area contributed by atoms with E-state index in [0.717, 1.165) is 30.6 Å². The SMILES string of the molecule is CC(C)(C)c1cc(C(=O)NCC2CCCO2)cc(C(C)(C)C)c1O. The Bertz CT molecular complexity index is 567. The summed E-state index contributed by atoms with van der Waals surface area (Å²) in [6.45, 7) is 13.6. The van der Waals surface area contributed by atoms with Crippen molar-refractivity contribution >= 4 is 5.91 Å². The summed E-state index contributed by atoms with van der Waals surface area (Å²) in [4.78, 5) is 12.6. The number of phenolic OH excluding ortho intramolecular Hbond substituents is 1. The summed E-state index contributed by atoms with van der Waals surface area (Å²) in [6, 6.07) is 3.63. The fourth-order valence-corrected chi connectivity index (χ4v) is 3.02. The third-order valence-electron chi connectivity index (χ3n) is 4.50. The lowest BCUT2D eigenvalue weighted by Crippen LogP contribution is -2.32. The van der Waals surface area contributed by atoms with Gasteiger partial charge in [-0.3, -0.25) is 4.79 Å². The van der Waals surface area contributed by atoms with E-state index in [4.69, 9.17) is 4.74 Å². The van der Waals surface area contributed by atoms with Crippen LogP contribution in [0.1, 0.15) is 75.9 Å². The summed E-state index contributed by atoms with van der Waals surface area (Å²) < 4.78 is 5.56. The molecule has 1 unspecified atom stereocenters. The predicted octanol–water partition coefficient (Wildman–Crippen LogP) is 3.90. The molecule has 0 aromatic heterocycles. The topological polar surface area (TPSA) is 58.6 Å². The summed E-state index contributed by atoms with van der Waals surface area (Å²) in [7, 11) is 0. The minimum atomic E-state index is -0.241. The number of amides is 1. The molecule has 1 aliphatic heterocycles. The Morgan fingerprint density at radius 1 is 1.17 bits per heavy atom. The second kappa shape index (κ2) is 6.75. The average molecular weight is 333 g/mol. The molecular formula is C20H31NO3. The molecule has 0 aliphatic carbocycles. The molecule has 0 radical (unpaired) electrons. The molecule has 24 heavy (non-hydrogen) atoms.